The zero-order valence-corrected chi connectivity index (χ0v) is 10.7. The summed E-state index contributed by atoms with van der Waals surface area (Å²) >= 11 is 5.97. The van der Waals surface area contributed by atoms with Gasteiger partial charge in [0, 0.05) is 28.8 Å². The number of aromatic nitrogens is 2. The van der Waals surface area contributed by atoms with Crippen LogP contribution in [0.25, 0.3) is 0 Å². The number of hydrogen-bond donors (Lipinski definition) is 1. The average molecular weight is 266 g/mol. The molecule has 0 radical (unpaired) electrons. The van der Waals surface area contributed by atoms with E-state index in [9.17, 15) is 4.39 Å². The van der Waals surface area contributed by atoms with E-state index < -0.39 is 0 Å². The van der Waals surface area contributed by atoms with Crippen LogP contribution in [-0.2, 0) is 12.8 Å². The molecular formula is C13H13ClFN3. The first-order valence-corrected chi connectivity index (χ1v) is 6.03. The van der Waals surface area contributed by atoms with Crippen molar-refractivity contribution in [1.29, 1.82) is 0 Å². The Kier molecular flexibility index (Phi) is 3.77. The van der Waals surface area contributed by atoms with Gasteiger partial charge in [0.1, 0.15) is 17.5 Å². The van der Waals surface area contributed by atoms with Gasteiger partial charge in [0.2, 0.25) is 0 Å². The highest BCUT2D eigenvalue weighted by atomic mass is 35.5. The topological polar surface area (TPSA) is 51.8 Å². The van der Waals surface area contributed by atoms with Gasteiger partial charge in [0.05, 0.1) is 0 Å². The average Bonchev–Trinajstić information content (AvgIpc) is 2.33. The predicted molar refractivity (Wildman–Crippen MR) is 70.0 cm³/mol. The number of nitrogen functional groups attached to an aromatic ring is 1. The van der Waals surface area contributed by atoms with E-state index in [1.807, 2.05) is 6.92 Å². The molecule has 2 rings (SSSR count). The van der Waals surface area contributed by atoms with Crippen molar-refractivity contribution >= 4 is 17.4 Å². The van der Waals surface area contributed by atoms with Gasteiger partial charge in [0.15, 0.2) is 0 Å². The van der Waals surface area contributed by atoms with Gasteiger partial charge in [-0.15, -0.1) is 0 Å². The first kappa shape index (κ1) is 12.8. The van der Waals surface area contributed by atoms with Crippen LogP contribution in [0.5, 0.6) is 0 Å². The molecule has 1 aromatic heterocycles. The van der Waals surface area contributed by atoms with Crippen molar-refractivity contribution in [3.8, 4) is 0 Å². The minimum Gasteiger partial charge on any atom is -0.384 e. The van der Waals surface area contributed by atoms with E-state index in [0.29, 0.717) is 22.2 Å². The number of nitrogens with zero attached hydrogens (tertiary/aromatic N) is 2. The van der Waals surface area contributed by atoms with Crippen molar-refractivity contribution in [2.24, 2.45) is 0 Å². The number of benzene rings is 1. The van der Waals surface area contributed by atoms with Gasteiger partial charge >= 0.3 is 0 Å². The Labute approximate surface area is 110 Å². The summed E-state index contributed by atoms with van der Waals surface area (Å²) < 4.78 is 13.6. The first-order chi connectivity index (χ1) is 8.60. The van der Waals surface area contributed by atoms with Crippen LogP contribution in [0.2, 0.25) is 5.02 Å². The summed E-state index contributed by atoms with van der Waals surface area (Å²) in [7, 11) is 0. The Morgan fingerprint density at radius 1 is 1.33 bits per heavy atom. The molecule has 2 N–H and O–H groups in total. The van der Waals surface area contributed by atoms with E-state index in [1.165, 1.54) is 6.07 Å². The molecule has 0 spiro atoms. The SMILES string of the molecule is CCc1cc(N)nc(Cc2c(F)cccc2Cl)n1. The van der Waals surface area contributed by atoms with E-state index in [0.717, 1.165) is 12.1 Å². The zero-order chi connectivity index (χ0) is 13.1. The fourth-order valence-electron chi connectivity index (χ4n) is 1.69. The molecule has 2 aromatic rings. The second-order valence-electron chi connectivity index (χ2n) is 3.93. The normalized spacial score (nSPS) is 10.6. The maximum absolute atomic E-state index is 13.6. The molecule has 0 aliphatic rings. The fraction of sp³-hybridized carbons (Fsp3) is 0.231. The van der Waals surface area contributed by atoms with Gasteiger partial charge in [-0.3, -0.25) is 0 Å². The van der Waals surface area contributed by atoms with Crippen molar-refractivity contribution in [2.45, 2.75) is 19.8 Å². The van der Waals surface area contributed by atoms with Crippen molar-refractivity contribution in [3.63, 3.8) is 0 Å². The maximum atomic E-state index is 13.6. The van der Waals surface area contributed by atoms with E-state index in [2.05, 4.69) is 9.97 Å². The van der Waals surface area contributed by atoms with E-state index in [4.69, 9.17) is 17.3 Å². The summed E-state index contributed by atoms with van der Waals surface area (Å²) in [5.74, 6) is 0.523. The summed E-state index contributed by atoms with van der Waals surface area (Å²) in [6, 6.07) is 6.30. The molecular weight excluding hydrogens is 253 g/mol. The minimum atomic E-state index is -0.355. The number of hydrogen-bond acceptors (Lipinski definition) is 3. The Bertz CT molecular complexity index is 552. The van der Waals surface area contributed by atoms with Crippen LogP contribution in [0.3, 0.4) is 0 Å². The summed E-state index contributed by atoms with van der Waals surface area (Å²) in [6.45, 7) is 1.97. The van der Waals surface area contributed by atoms with Crippen molar-refractivity contribution < 1.29 is 4.39 Å². The van der Waals surface area contributed by atoms with Crippen molar-refractivity contribution in [2.75, 3.05) is 5.73 Å². The molecule has 3 nitrogen and oxygen atoms in total. The van der Waals surface area contributed by atoms with E-state index >= 15 is 0 Å². The molecule has 18 heavy (non-hydrogen) atoms. The summed E-state index contributed by atoms with van der Waals surface area (Å²) in [5.41, 5.74) is 6.92. The van der Waals surface area contributed by atoms with Gasteiger partial charge in [-0.05, 0) is 18.6 Å². The highest BCUT2D eigenvalue weighted by Gasteiger charge is 2.10. The second-order valence-corrected chi connectivity index (χ2v) is 4.34. The van der Waals surface area contributed by atoms with Crippen LogP contribution in [0.4, 0.5) is 10.2 Å². The van der Waals surface area contributed by atoms with Crippen LogP contribution in [0.1, 0.15) is 24.0 Å². The standard InChI is InChI=1S/C13H13ClFN3/c1-2-8-6-12(16)18-13(17-8)7-9-10(14)4-3-5-11(9)15/h3-6H,2,7H2,1H3,(H2,16,17,18). The molecule has 0 aliphatic carbocycles. The lowest BCUT2D eigenvalue weighted by Crippen LogP contribution is -2.05. The van der Waals surface area contributed by atoms with Crippen molar-refractivity contribution in [3.05, 3.63) is 52.2 Å². The highest BCUT2D eigenvalue weighted by molar-refractivity contribution is 6.31. The number of rotatable bonds is 3. The van der Waals surface area contributed by atoms with E-state index in [1.54, 1.807) is 18.2 Å². The molecule has 0 saturated carbocycles. The zero-order valence-electron chi connectivity index (χ0n) is 9.95. The second kappa shape index (κ2) is 5.31. The lowest BCUT2D eigenvalue weighted by atomic mass is 10.1. The number of aryl methyl sites for hydroxylation is 1. The molecule has 0 bridgehead atoms. The Balaban J connectivity index is 2.37. The predicted octanol–water partition coefficient (Wildman–Crippen LogP) is 3.00. The molecule has 0 aliphatic heterocycles. The fourth-order valence-corrected chi connectivity index (χ4v) is 1.92. The Morgan fingerprint density at radius 2 is 2.11 bits per heavy atom. The Hall–Kier alpha value is -1.68. The molecule has 1 aromatic carbocycles. The molecule has 0 unspecified atom stereocenters. The molecule has 1 heterocycles. The van der Waals surface area contributed by atoms with Gasteiger partial charge in [-0.25, -0.2) is 14.4 Å². The summed E-state index contributed by atoms with van der Waals surface area (Å²) in [4.78, 5) is 8.41. The monoisotopic (exact) mass is 265 g/mol. The van der Waals surface area contributed by atoms with Gasteiger partial charge in [-0.1, -0.05) is 24.6 Å². The minimum absolute atomic E-state index is 0.240. The lowest BCUT2D eigenvalue weighted by Gasteiger charge is -2.07. The maximum Gasteiger partial charge on any atom is 0.135 e. The molecule has 94 valence electrons. The van der Waals surface area contributed by atoms with Gasteiger partial charge in [0.25, 0.3) is 0 Å². The third kappa shape index (κ3) is 2.76. The first-order valence-electron chi connectivity index (χ1n) is 5.65. The third-order valence-electron chi connectivity index (χ3n) is 2.60. The quantitative estimate of drug-likeness (QED) is 0.928. The number of nitrogens with two attached hydrogens (primary N) is 1. The van der Waals surface area contributed by atoms with Gasteiger partial charge in [-0.2, -0.15) is 0 Å². The van der Waals surface area contributed by atoms with Crippen LogP contribution in [0, 0.1) is 5.82 Å². The van der Waals surface area contributed by atoms with Crippen LogP contribution in [0.15, 0.2) is 24.3 Å². The molecule has 0 amide bonds. The third-order valence-corrected chi connectivity index (χ3v) is 2.96. The number of anilines is 1. The van der Waals surface area contributed by atoms with Crippen LogP contribution >= 0.6 is 11.6 Å². The molecule has 0 saturated heterocycles. The largest absolute Gasteiger partial charge is 0.384 e. The molecule has 0 atom stereocenters. The lowest BCUT2D eigenvalue weighted by molar-refractivity contribution is 0.612. The van der Waals surface area contributed by atoms with Gasteiger partial charge < -0.3 is 5.73 Å². The highest BCUT2D eigenvalue weighted by Crippen LogP contribution is 2.21. The summed E-state index contributed by atoms with van der Waals surface area (Å²) in [6.07, 6.45) is 0.994. The van der Waals surface area contributed by atoms with E-state index in [-0.39, 0.29) is 12.2 Å². The van der Waals surface area contributed by atoms with Crippen LogP contribution < -0.4 is 5.73 Å². The van der Waals surface area contributed by atoms with Crippen molar-refractivity contribution in [1.82, 2.24) is 9.97 Å². The molecule has 0 fully saturated rings. The number of halogens is 2. The summed E-state index contributed by atoms with van der Waals surface area (Å²) in [5, 5.41) is 0.374. The Morgan fingerprint density at radius 3 is 2.78 bits per heavy atom. The smallest absolute Gasteiger partial charge is 0.135 e. The molecule has 5 heteroatoms. The van der Waals surface area contributed by atoms with Crippen LogP contribution in [-0.4, -0.2) is 9.97 Å².